The Morgan fingerprint density at radius 1 is 1.32 bits per heavy atom. The van der Waals surface area contributed by atoms with E-state index in [9.17, 15) is 4.79 Å². The molecule has 6 heteroatoms. The maximum atomic E-state index is 12.6. The van der Waals surface area contributed by atoms with Crippen molar-refractivity contribution >= 4 is 17.4 Å². The van der Waals surface area contributed by atoms with Gasteiger partial charge >= 0.3 is 0 Å². The predicted octanol–water partition coefficient (Wildman–Crippen LogP) is 2.79. The van der Waals surface area contributed by atoms with Gasteiger partial charge in [0.2, 0.25) is 5.78 Å². The molecule has 5 nitrogen and oxygen atoms in total. The summed E-state index contributed by atoms with van der Waals surface area (Å²) < 4.78 is 7.22. The van der Waals surface area contributed by atoms with Gasteiger partial charge in [-0.2, -0.15) is 5.10 Å². The average Bonchev–Trinajstić information content (AvgIpc) is 3.20. The second-order valence-corrected chi connectivity index (χ2v) is 5.20. The van der Waals surface area contributed by atoms with Gasteiger partial charge in [-0.05, 0) is 56.4 Å². The number of Topliss-reactive ketones (excluding diaryl/α,β-unsaturated/α-hetero) is 1. The molecular formula is C16H13ClN3O2. The van der Waals surface area contributed by atoms with E-state index in [0.717, 1.165) is 5.56 Å². The molecule has 3 rings (SSSR count). The molecule has 1 atom stereocenters. The van der Waals surface area contributed by atoms with E-state index in [0.29, 0.717) is 16.7 Å². The molecule has 111 valence electrons. The third-order valence-electron chi connectivity index (χ3n) is 3.23. The van der Waals surface area contributed by atoms with Crippen LogP contribution in [0.1, 0.15) is 11.8 Å². The second kappa shape index (κ2) is 6.48. The van der Waals surface area contributed by atoms with E-state index >= 15 is 0 Å². The molecule has 1 unspecified atom stereocenters. The summed E-state index contributed by atoms with van der Waals surface area (Å²) in [4.78, 5) is 16.5. The molecule has 0 saturated heterocycles. The van der Waals surface area contributed by atoms with Gasteiger partial charge < -0.3 is 4.74 Å². The van der Waals surface area contributed by atoms with Crippen LogP contribution in [0.4, 0.5) is 0 Å². The molecule has 5 radical (unpaired) electrons. The summed E-state index contributed by atoms with van der Waals surface area (Å²) in [7, 11) is 0. The van der Waals surface area contributed by atoms with Gasteiger partial charge in [0.25, 0.3) is 6.23 Å². The molecule has 1 heterocycles. The zero-order valence-electron chi connectivity index (χ0n) is 11.8. The first-order valence-electron chi connectivity index (χ1n) is 6.68. The minimum absolute atomic E-state index is 0.192. The second-order valence-electron chi connectivity index (χ2n) is 4.79. The Bertz CT molecular complexity index is 651. The Labute approximate surface area is 134 Å². The number of hydrogen-bond acceptors (Lipinski definition) is 4. The summed E-state index contributed by atoms with van der Waals surface area (Å²) in [6.45, 7) is 1.87. The number of carbonyl (C=O) groups excluding carboxylic acids is 1. The summed E-state index contributed by atoms with van der Waals surface area (Å²) in [6, 6.07) is 5.24. The van der Waals surface area contributed by atoms with Crippen LogP contribution < -0.4 is 4.74 Å². The number of hydrogen-bond donors (Lipinski definition) is 0. The van der Waals surface area contributed by atoms with Gasteiger partial charge in [-0.1, -0.05) is 11.6 Å². The lowest BCUT2D eigenvalue weighted by Crippen LogP contribution is -2.29. The number of aromatic nitrogens is 3. The zero-order valence-corrected chi connectivity index (χ0v) is 12.6. The third kappa shape index (κ3) is 3.14. The van der Waals surface area contributed by atoms with Crippen LogP contribution in [0.3, 0.4) is 0 Å². The SMILES string of the molecule is Cc1cc(OC(C(=O)[C]2[CH][CH][CH][CH]2)n2cncn2)ccc1Cl. The highest BCUT2D eigenvalue weighted by atomic mass is 35.5. The number of rotatable bonds is 5. The predicted molar refractivity (Wildman–Crippen MR) is 81.3 cm³/mol. The Balaban J connectivity index is 1.85. The number of aryl methyl sites for hydroxylation is 1. The number of nitrogens with zero attached hydrogens (tertiary/aromatic N) is 3. The van der Waals surface area contributed by atoms with E-state index in [1.54, 1.807) is 43.9 Å². The van der Waals surface area contributed by atoms with Crippen LogP contribution in [0.25, 0.3) is 0 Å². The molecule has 0 N–H and O–H groups in total. The van der Waals surface area contributed by atoms with Gasteiger partial charge in [0.05, 0.1) is 5.92 Å². The number of ketones is 1. The lowest BCUT2D eigenvalue weighted by molar-refractivity contribution is -0.127. The number of halogens is 1. The van der Waals surface area contributed by atoms with Gasteiger partial charge in [-0.3, -0.25) is 4.79 Å². The number of benzene rings is 1. The average molecular weight is 315 g/mol. The van der Waals surface area contributed by atoms with E-state index < -0.39 is 6.23 Å². The van der Waals surface area contributed by atoms with Crippen molar-refractivity contribution in [2.24, 2.45) is 0 Å². The van der Waals surface area contributed by atoms with E-state index in [1.807, 2.05) is 6.92 Å². The summed E-state index contributed by atoms with van der Waals surface area (Å²) in [6.07, 6.45) is 8.99. The summed E-state index contributed by atoms with van der Waals surface area (Å²) in [5, 5.41) is 4.66. The Morgan fingerprint density at radius 2 is 2.09 bits per heavy atom. The molecule has 0 spiro atoms. The number of ether oxygens (including phenoxy) is 1. The Morgan fingerprint density at radius 3 is 2.73 bits per heavy atom. The fourth-order valence-corrected chi connectivity index (χ4v) is 2.18. The summed E-state index contributed by atoms with van der Waals surface area (Å²) in [5.41, 5.74) is 0.872. The highest BCUT2D eigenvalue weighted by molar-refractivity contribution is 6.31. The first-order chi connectivity index (χ1) is 10.6. The van der Waals surface area contributed by atoms with Crippen molar-refractivity contribution in [2.45, 2.75) is 13.2 Å². The Kier molecular flexibility index (Phi) is 4.43. The summed E-state index contributed by atoms with van der Waals surface area (Å²) in [5.74, 6) is 0.914. The van der Waals surface area contributed by atoms with Crippen molar-refractivity contribution in [1.29, 1.82) is 0 Å². The van der Waals surface area contributed by atoms with Crippen molar-refractivity contribution < 1.29 is 9.53 Å². The molecule has 1 saturated carbocycles. The highest BCUT2D eigenvalue weighted by Gasteiger charge is 2.33. The monoisotopic (exact) mass is 314 g/mol. The maximum absolute atomic E-state index is 12.6. The van der Waals surface area contributed by atoms with Crippen LogP contribution in [0.2, 0.25) is 5.02 Å². The van der Waals surface area contributed by atoms with Crippen LogP contribution in [0, 0.1) is 38.5 Å². The fraction of sp³-hybridized carbons (Fsp3) is 0.125. The molecular weight excluding hydrogens is 302 g/mol. The zero-order chi connectivity index (χ0) is 15.5. The van der Waals surface area contributed by atoms with Crippen molar-refractivity contribution in [1.82, 2.24) is 14.8 Å². The van der Waals surface area contributed by atoms with Crippen molar-refractivity contribution in [3.05, 3.63) is 73.0 Å². The molecule has 1 aromatic carbocycles. The largest absolute Gasteiger partial charge is 0.461 e. The topological polar surface area (TPSA) is 57.0 Å². The van der Waals surface area contributed by atoms with Gasteiger partial charge in [0.1, 0.15) is 18.4 Å². The van der Waals surface area contributed by atoms with Crippen LogP contribution >= 0.6 is 11.6 Å². The highest BCUT2D eigenvalue weighted by Crippen LogP contribution is 2.30. The molecule has 0 aliphatic heterocycles. The molecule has 22 heavy (non-hydrogen) atoms. The van der Waals surface area contributed by atoms with Gasteiger partial charge in [0.15, 0.2) is 0 Å². The molecule has 1 aliphatic rings. The van der Waals surface area contributed by atoms with Crippen LogP contribution in [-0.2, 0) is 4.79 Å². The van der Waals surface area contributed by atoms with E-state index in [4.69, 9.17) is 16.3 Å². The molecule has 0 bridgehead atoms. The minimum Gasteiger partial charge on any atom is -0.461 e. The van der Waals surface area contributed by atoms with Crippen LogP contribution in [0.5, 0.6) is 5.75 Å². The van der Waals surface area contributed by atoms with Gasteiger partial charge in [-0.15, -0.1) is 0 Å². The molecule has 1 fully saturated rings. The standard InChI is InChI=1S/C16H13ClN3O2/c1-11-8-13(6-7-14(11)17)22-16(20-10-18-9-19-20)15(21)12-4-2-3-5-12/h2-10,16H,1H3. The molecule has 1 aromatic heterocycles. The normalized spacial score (nSPS) is 16.6. The smallest absolute Gasteiger partial charge is 0.252 e. The van der Waals surface area contributed by atoms with Crippen molar-refractivity contribution in [2.75, 3.05) is 0 Å². The minimum atomic E-state index is -0.912. The van der Waals surface area contributed by atoms with Gasteiger partial charge in [-0.25, -0.2) is 9.67 Å². The van der Waals surface area contributed by atoms with E-state index in [-0.39, 0.29) is 5.78 Å². The van der Waals surface area contributed by atoms with Crippen LogP contribution in [0.15, 0.2) is 30.9 Å². The van der Waals surface area contributed by atoms with Crippen LogP contribution in [-0.4, -0.2) is 20.5 Å². The van der Waals surface area contributed by atoms with E-state index in [1.165, 1.54) is 17.3 Å². The van der Waals surface area contributed by atoms with Crippen molar-refractivity contribution in [3.8, 4) is 5.75 Å². The van der Waals surface area contributed by atoms with Crippen molar-refractivity contribution in [3.63, 3.8) is 0 Å². The van der Waals surface area contributed by atoms with Gasteiger partial charge in [0, 0.05) is 5.02 Å². The first-order valence-corrected chi connectivity index (χ1v) is 7.06. The molecule has 2 aromatic rings. The number of carbonyl (C=O) groups is 1. The quantitative estimate of drug-likeness (QED) is 0.851. The lowest BCUT2D eigenvalue weighted by Gasteiger charge is -2.20. The summed E-state index contributed by atoms with van der Waals surface area (Å²) >= 11 is 6.01. The fourth-order valence-electron chi connectivity index (χ4n) is 2.07. The third-order valence-corrected chi connectivity index (χ3v) is 3.65. The maximum Gasteiger partial charge on any atom is 0.252 e. The van der Waals surface area contributed by atoms with E-state index in [2.05, 4.69) is 10.1 Å². The molecule has 1 aliphatic carbocycles. The lowest BCUT2D eigenvalue weighted by atomic mass is 10.0. The molecule has 0 amide bonds. The Hall–Kier alpha value is -1.88. The first kappa shape index (κ1) is 15.0.